The Balaban J connectivity index is 2.70. The molecular formula is C8H7N3O. The van der Waals surface area contributed by atoms with Gasteiger partial charge in [0.2, 0.25) is 5.91 Å². The van der Waals surface area contributed by atoms with Gasteiger partial charge in [-0.05, 0) is 18.2 Å². The molecule has 0 atom stereocenters. The molecular weight excluding hydrogens is 154 g/mol. The molecule has 2 aromatic rings. The van der Waals surface area contributed by atoms with Crippen molar-refractivity contribution in [3.8, 4) is 0 Å². The Labute approximate surface area is 68.6 Å². The van der Waals surface area contributed by atoms with E-state index in [1.165, 1.54) is 0 Å². The zero-order chi connectivity index (χ0) is 8.55. The quantitative estimate of drug-likeness (QED) is 0.659. The fourth-order valence-electron chi connectivity index (χ4n) is 1.08. The van der Waals surface area contributed by atoms with Crippen LogP contribution in [-0.2, 0) is 0 Å². The molecule has 0 spiro atoms. The normalized spacial score (nSPS) is 10.3. The van der Waals surface area contributed by atoms with E-state index in [2.05, 4.69) is 5.10 Å². The van der Waals surface area contributed by atoms with Crippen molar-refractivity contribution in [3.63, 3.8) is 0 Å². The van der Waals surface area contributed by atoms with Crippen LogP contribution in [0.2, 0.25) is 0 Å². The molecule has 4 nitrogen and oxygen atoms in total. The maximum Gasteiger partial charge on any atom is 0.250 e. The second-order valence-electron chi connectivity index (χ2n) is 2.49. The van der Waals surface area contributed by atoms with E-state index in [0.717, 1.165) is 5.52 Å². The van der Waals surface area contributed by atoms with Crippen LogP contribution in [0.15, 0.2) is 30.6 Å². The molecule has 1 amide bonds. The summed E-state index contributed by atoms with van der Waals surface area (Å²) in [5, 5.41) is 3.99. The van der Waals surface area contributed by atoms with Gasteiger partial charge in [0.1, 0.15) is 0 Å². The molecule has 0 bridgehead atoms. The molecule has 2 rings (SSSR count). The number of aromatic nitrogens is 2. The standard InChI is InChI=1S/C8H7N3O/c9-8(12)6-4-7-2-1-3-10-11(7)5-6/h1-5H,(H2,9,12). The highest BCUT2D eigenvalue weighted by molar-refractivity contribution is 5.94. The lowest BCUT2D eigenvalue weighted by Crippen LogP contribution is -2.09. The first-order valence-corrected chi connectivity index (χ1v) is 3.50. The van der Waals surface area contributed by atoms with Gasteiger partial charge in [-0.1, -0.05) is 0 Å². The molecule has 2 N–H and O–H groups in total. The maximum atomic E-state index is 10.8. The topological polar surface area (TPSA) is 60.4 Å². The summed E-state index contributed by atoms with van der Waals surface area (Å²) in [5.74, 6) is -0.430. The first kappa shape index (κ1) is 6.84. The van der Waals surface area contributed by atoms with Crippen LogP contribution >= 0.6 is 0 Å². The molecule has 0 unspecified atom stereocenters. The van der Waals surface area contributed by atoms with Crippen molar-refractivity contribution in [3.05, 3.63) is 36.2 Å². The zero-order valence-electron chi connectivity index (χ0n) is 6.27. The SMILES string of the molecule is NC(=O)c1cc2cccnn2c1. The van der Waals surface area contributed by atoms with Gasteiger partial charge in [-0.3, -0.25) is 4.79 Å². The van der Waals surface area contributed by atoms with Gasteiger partial charge in [-0.25, -0.2) is 4.52 Å². The van der Waals surface area contributed by atoms with Crippen LogP contribution in [0.4, 0.5) is 0 Å². The smallest absolute Gasteiger partial charge is 0.250 e. The molecule has 0 aliphatic heterocycles. The Kier molecular flexibility index (Phi) is 1.33. The van der Waals surface area contributed by atoms with Gasteiger partial charge in [0.25, 0.3) is 0 Å². The van der Waals surface area contributed by atoms with Crippen molar-refractivity contribution in [1.29, 1.82) is 0 Å². The third-order valence-corrected chi connectivity index (χ3v) is 1.66. The van der Waals surface area contributed by atoms with Crippen LogP contribution in [0, 0.1) is 0 Å². The molecule has 2 aromatic heterocycles. The Morgan fingerprint density at radius 1 is 1.58 bits per heavy atom. The molecule has 0 fully saturated rings. The van der Waals surface area contributed by atoms with E-state index in [0.29, 0.717) is 5.56 Å². The predicted octanol–water partition coefficient (Wildman–Crippen LogP) is 0.433. The Hall–Kier alpha value is -1.84. The molecule has 0 aromatic carbocycles. The number of primary amides is 1. The second kappa shape index (κ2) is 2.34. The average molecular weight is 161 g/mol. The van der Waals surface area contributed by atoms with E-state index in [4.69, 9.17) is 5.73 Å². The Morgan fingerprint density at radius 2 is 2.42 bits per heavy atom. The minimum atomic E-state index is -0.430. The van der Waals surface area contributed by atoms with Crippen LogP contribution in [0.5, 0.6) is 0 Å². The molecule has 0 aliphatic carbocycles. The van der Waals surface area contributed by atoms with E-state index in [9.17, 15) is 4.79 Å². The number of carbonyl (C=O) groups excluding carboxylic acids is 1. The summed E-state index contributed by atoms with van der Waals surface area (Å²) in [4.78, 5) is 10.8. The Bertz CT molecular complexity index is 400. The number of carbonyl (C=O) groups is 1. The lowest BCUT2D eigenvalue weighted by Gasteiger charge is -1.87. The second-order valence-corrected chi connectivity index (χ2v) is 2.49. The maximum absolute atomic E-state index is 10.8. The van der Waals surface area contributed by atoms with Gasteiger partial charge >= 0.3 is 0 Å². The zero-order valence-corrected chi connectivity index (χ0v) is 6.27. The molecule has 0 radical (unpaired) electrons. The van der Waals surface area contributed by atoms with E-state index in [1.807, 2.05) is 6.07 Å². The van der Waals surface area contributed by atoms with Crippen LogP contribution in [0.3, 0.4) is 0 Å². The van der Waals surface area contributed by atoms with E-state index >= 15 is 0 Å². The highest BCUT2D eigenvalue weighted by Gasteiger charge is 2.03. The number of rotatable bonds is 1. The number of hydrogen-bond donors (Lipinski definition) is 1. The van der Waals surface area contributed by atoms with E-state index in [-0.39, 0.29) is 0 Å². The van der Waals surface area contributed by atoms with E-state index in [1.54, 1.807) is 29.0 Å². The number of nitrogens with two attached hydrogens (primary N) is 1. The summed E-state index contributed by atoms with van der Waals surface area (Å²) >= 11 is 0. The van der Waals surface area contributed by atoms with Gasteiger partial charge in [-0.15, -0.1) is 0 Å². The van der Waals surface area contributed by atoms with Crippen molar-refractivity contribution >= 4 is 11.4 Å². The molecule has 0 aliphatic rings. The molecule has 2 heterocycles. The van der Waals surface area contributed by atoms with Gasteiger partial charge in [0.15, 0.2) is 0 Å². The molecule has 12 heavy (non-hydrogen) atoms. The van der Waals surface area contributed by atoms with Crippen molar-refractivity contribution < 1.29 is 4.79 Å². The average Bonchev–Trinajstić information content (AvgIpc) is 2.46. The fourth-order valence-corrected chi connectivity index (χ4v) is 1.08. The lowest BCUT2D eigenvalue weighted by molar-refractivity contribution is 0.100. The van der Waals surface area contributed by atoms with E-state index < -0.39 is 5.91 Å². The van der Waals surface area contributed by atoms with Gasteiger partial charge in [0, 0.05) is 12.4 Å². The minimum Gasteiger partial charge on any atom is -0.366 e. The first-order chi connectivity index (χ1) is 5.77. The van der Waals surface area contributed by atoms with Gasteiger partial charge in [0.05, 0.1) is 11.1 Å². The third-order valence-electron chi connectivity index (χ3n) is 1.66. The highest BCUT2D eigenvalue weighted by atomic mass is 16.1. The summed E-state index contributed by atoms with van der Waals surface area (Å²) in [5.41, 5.74) is 6.44. The fraction of sp³-hybridized carbons (Fsp3) is 0. The highest BCUT2D eigenvalue weighted by Crippen LogP contribution is 2.06. The van der Waals surface area contributed by atoms with Crippen LogP contribution in [0.1, 0.15) is 10.4 Å². The summed E-state index contributed by atoms with van der Waals surface area (Å²) < 4.78 is 1.61. The third kappa shape index (κ3) is 0.934. The molecule has 60 valence electrons. The van der Waals surface area contributed by atoms with Crippen LogP contribution in [0.25, 0.3) is 5.52 Å². The van der Waals surface area contributed by atoms with Crippen molar-refractivity contribution in [1.82, 2.24) is 9.61 Å². The van der Waals surface area contributed by atoms with Crippen LogP contribution in [-0.4, -0.2) is 15.5 Å². The minimum absolute atomic E-state index is 0.430. The molecule has 0 saturated carbocycles. The number of fused-ring (bicyclic) bond motifs is 1. The predicted molar refractivity (Wildman–Crippen MR) is 43.7 cm³/mol. The monoisotopic (exact) mass is 161 g/mol. The van der Waals surface area contributed by atoms with Crippen molar-refractivity contribution in [2.45, 2.75) is 0 Å². The van der Waals surface area contributed by atoms with Crippen molar-refractivity contribution in [2.75, 3.05) is 0 Å². The summed E-state index contributed by atoms with van der Waals surface area (Å²) in [7, 11) is 0. The summed E-state index contributed by atoms with van der Waals surface area (Å²) in [6.07, 6.45) is 3.26. The van der Waals surface area contributed by atoms with Crippen molar-refractivity contribution in [2.24, 2.45) is 5.73 Å². The number of hydrogen-bond acceptors (Lipinski definition) is 2. The summed E-state index contributed by atoms with van der Waals surface area (Å²) in [6.45, 7) is 0. The van der Waals surface area contributed by atoms with Gasteiger partial charge in [-0.2, -0.15) is 5.10 Å². The number of nitrogens with zero attached hydrogens (tertiary/aromatic N) is 2. The van der Waals surface area contributed by atoms with Crippen LogP contribution < -0.4 is 5.73 Å². The number of amides is 1. The Morgan fingerprint density at radius 3 is 3.08 bits per heavy atom. The molecule has 0 saturated heterocycles. The largest absolute Gasteiger partial charge is 0.366 e. The summed E-state index contributed by atoms with van der Waals surface area (Å²) in [6, 6.07) is 5.37. The van der Waals surface area contributed by atoms with Gasteiger partial charge < -0.3 is 5.73 Å². The lowest BCUT2D eigenvalue weighted by atomic mass is 10.3. The first-order valence-electron chi connectivity index (χ1n) is 3.50. The molecule has 4 heteroatoms.